The van der Waals surface area contributed by atoms with Gasteiger partial charge in [-0.15, -0.1) is 0 Å². The Morgan fingerprint density at radius 3 is 2.57 bits per heavy atom. The van der Waals surface area contributed by atoms with E-state index in [4.69, 9.17) is 5.73 Å². The van der Waals surface area contributed by atoms with Crippen LogP contribution >= 0.6 is 0 Å². The highest BCUT2D eigenvalue weighted by molar-refractivity contribution is 5.66. The molecule has 1 aromatic carbocycles. The molecule has 9 heteroatoms. The van der Waals surface area contributed by atoms with Crippen molar-refractivity contribution in [2.24, 2.45) is 5.73 Å². The lowest BCUT2D eigenvalue weighted by molar-refractivity contribution is 0.0438. The van der Waals surface area contributed by atoms with Crippen LogP contribution in [0.25, 0.3) is 16.8 Å². The SMILES string of the molecule is N[C@H]1CCC[C@@H](c2ccncc2Nc2ncc3ccc(-c4c(F)cc(C5(O)CCCC5)cc4F)nn23)C1. The summed E-state index contributed by atoms with van der Waals surface area (Å²) in [6.07, 6.45) is 11.9. The van der Waals surface area contributed by atoms with Gasteiger partial charge in [0.1, 0.15) is 11.6 Å². The van der Waals surface area contributed by atoms with Crippen LogP contribution in [0.4, 0.5) is 20.4 Å². The van der Waals surface area contributed by atoms with Crippen LogP contribution in [0.5, 0.6) is 0 Å². The molecular formula is C28H30F2N6O. The Balaban J connectivity index is 1.35. The summed E-state index contributed by atoms with van der Waals surface area (Å²) in [4.78, 5) is 8.75. The normalized spacial score (nSPS) is 21.4. The van der Waals surface area contributed by atoms with Gasteiger partial charge in [-0.2, -0.15) is 9.61 Å². The predicted molar refractivity (Wildman–Crippen MR) is 137 cm³/mol. The van der Waals surface area contributed by atoms with Gasteiger partial charge in [-0.05, 0) is 79.5 Å². The predicted octanol–water partition coefficient (Wildman–Crippen LogP) is 5.56. The zero-order valence-corrected chi connectivity index (χ0v) is 20.5. The van der Waals surface area contributed by atoms with Gasteiger partial charge in [-0.3, -0.25) is 4.98 Å². The molecule has 2 fully saturated rings. The van der Waals surface area contributed by atoms with Gasteiger partial charge in [0.05, 0.1) is 40.5 Å². The highest BCUT2D eigenvalue weighted by Gasteiger charge is 2.34. The van der Waals surface area contributed by atoms with E-state index < -0.39 is 17.2 Å². The molecule has 2 aliphatic rings. The van der Waals surface area contributed by atoms with Gasteiger partial charge in [0.25, 0.3) is 0 Å². The summed E-state index contributed by atoms with van der Waals surface area (Å²) in [6, 6.07) is 7.96. The quantitative estimate of drug-likeness (QED) is 0.329. The van der Waals surface area contributed by atoms with Gasteiger partial charge in [-0.25, -0.2) is 13.8 Å². The molecule has 2 saturated carbocycles. The highest BCUT2D eigenvalue weighted by atomic mass is 19.1. The molecule has 2 aliphatic carbocycles. The summed E-state index contributed by atoms with van der Waals surface area (Å²) < 4.78 is 32.0. The third-order valence-electron chi connectivity index (χ3n) is 7.91. The first kappa shape index (κ1) is 23.9. The lowest BCUT2D eigenvalue weighted by Crippen LogP contribution is -2.27. The number of nitrogens with zero attached hydrogens (tertiary/aromatic N) is 4. The van der Waals surface area contributed by atoms with E-state index in [9.17, 15) is 5.11 Å². The van der Waals surface area contributed by atoms with Crippen molar-refractivity contribution in [3.8, 4) is 11.3 Å². The Bertz CT molecular complexity index is 1420. The summed E-state index contributed by atoms with van der Waals surface area (Å²) in [6.45, 7) is 0. The van der Waals surface area contributed by atoms with Gasteiger partial charge in [-0.1, -0.05) is 19.3 Å². The summed E-state index contributed by atoms with van der Waals surface area (Å²) in [7, 11) is 0. The van der Waals surface area contributed by atoms with E-state index in [1.54, 1.807) is 30.7 Å². The molecule has 0 amide bonds. The molecule has 0 spiro atoms. The van der Waals surface area contributed by atoms with Crippen LogP contribution in [0.15, 0.2) is 48.9 Å². The number of imidazole rings is 1. The summed E-state index contributed by atoms with van der Waals surface area (Å²) >= 11 is 0. The smallest absolute Gasteiger partial charge is 0.229 e. The number of benzene rings is 1. The fourth-order valence-electron chi connectivity index (χ4n) is 5.93. The van der Waals surface area contributed by atoms with E-state index in [2.05, 4.69) is 20.4 Å². The third kappa shape index (κ3) is 4.46. The average molecular weight is 505 g/mol. The van der Waals surface area contributed by atoms with Gasteiger partial charge in [0.2, 0.25) is 5.95 Å². The number of aliphatic hydroxyl groups is 1. The minimum absolute atomic E-state index is 0.137. The second-order valence-electron chi connectivity index (χ2n) is 10.4. The molecule has 4 aromatic rings. The average Bonchev–Trinajstić information content (AvgIpc) is 3.51. The molecule has 3 aromatic heterocycles. The zero-order chi connectivity index (χ0) is 25.6. The molecule has 0 unspecified atom stereocenters. The van der Waals surface area contributed by atoms with Crippen LogP contribution in [-0.2, 0) is 5.60 Å². The van der Waals surface area contributed by atoms with E-state index >= 15 is 8.78 Å². The van der Waals surface area contributed by atoms with Crippen LogP contribution in [0, 0.1) is 11.6 Å². The van der Waals surface area contributed by atoms with Gasteiger partial charge >= 0.3 is 0 Å². The molecule has 3 heterocycles. The van der Waals surface area contributed by atoms with E-state index in [0.29, 0.717) is 30.2 Å². The second-order valence-corrected chi connectivity index (χ2v) is 10.4. The number of nitrogens with two attached hydrogens (primary N) is 1. The first-order valence-corrected chi connectivity index (χ1v) is 12.9. The number of hydrogen-bond acceptors (Lipinski definition) is 6. The minimum Gasteiger partial charge on any atom is -0.385 e. The first-order chi connectivity index (χ1) is 17.9. The molecule has 7 nitrogen and oxygen atoms in total. The van der Waals surface area contributed by atoms with E-state index in [0.717, 1.165) is 49.8 Å². The lowest BCUT2D eigenvalue weighted by Gasteiger charge is -2.28. The Labute approximate surface area is 213 Å². The number of aromatic nitrogens is 4. The summed E-state index contributed by atoms with van der Waals surface area (Å²) in [5.74, 6) is -0.760. The Hall–Kier alpha value is -3.43. The Kier molecular flexibility index (Phi) is 6.12. The third-order valence-corrected chi connectivity index (χ3v) is 7.91. The maximum atomic E-state index is 15.2. The van der Waals surface area contributed by atoms with Crippen LogP contribution in [0.1, 0.15) is 68.4 Å². The van der Waals surface area contributed by atoms with Crippen molar-refractivity contribution in [3.05, 3.63) is 71.7 Å². The molecule has 0 bridgehead atoms. The number of nitrogens with one attached hydrogen (secondary N) is 1. The van der Waals surface area contributed by atoms with E-state index in [1.807, 2.05) is 6.07 Å². The molecular weight excluding hydrogens is 474 g/mol. The summed E-state index contributed by atoms with van der Waals surface area (Å²) in [5, 5.41) is 18.7. The fourth-order valence-corrected chi connectivity index (χ4v) is 5.93. The molecule has 4 N–H and O–H groups in total. The van der Waals surface area contributed by atoms with Crippen molar-refractivity contribution >= 4 is 17.2 Å². The molecule has 0 aliphatic heterocycles. The zero-order valence-electron chi connectivity index (χ0n) is 20.5. The van der Waals surface area contributed by atoms with Gasteiger partial charge in [0.15, 0.2) is 0 Å². The summed E-state index contributed by atoms with van der Waals surface area (Å²) in [5.41, 5.74) is 7.85. The fraction of sp³-hybridized carbons (Fsp3) is 0.393. The maximum absolute atomic E-state index is 15.2. The van der Waals surface area contributed by atoms with Crippen molar-refractivity contribution in [1.82, 2.24) is 19.6 Å². The molecule has 192 valence electrons. The maximum Gasteiger partial charge on any atom is 0.229 e. The van der Waals surface area contributed by atoms with Gasteiger partial charge < -0.3 is 16.2 Å². The van der Waals surface area contributed by atoms with E-state index in [-0.39, 0.29) is 22.9 Å². The van der Waals surface area contributed by atoms with Crippen molar-refractivity contribution in [2.75, 3.05) is 5.32 Å². The van der Waals surface area contributed by atoms with Gasteiger partial charge in [0, 0.05) is 12.2 Å². The molecule has 0 radical (unpaired) electrons. The van der Waals surface area contributed by atoms with Crippen LogP contribution in [-0.4, -0.2) is 30.7 Å². The minimum atomic E-state index is -1.18. The Morgan fingerprint density at radius 2 is 1.81 bits per heavy atom. The molecule has 2 atom stereocenters. The molecule has 0 saturated heterocycles. The van der Waals surface area contributed by atoms with Crippen LogP contribution < -0.4 is 11.1 Å². The second kappa shape index (κ2) is 9.46. The topological polar surface area (TPSA) is 101 Å². The van der Waals surface area contributed by atoms with Crippen LogP contribution in [0.2, 0.25) is 0 Å². The lowest BCUT2D eigenvalue weighted by atomic mass is 9.81. The number of hydrogen-bond donors (Lipinski definition) is 3. The monoisotopic (exact) mass is 504 g/mol. The number of rotatable bonds is 5. The number of pyridine rings is 1. The highest BCUT2D eigenvalue weighted by Crippen LogP contribution is 2.41. The van der Waals surface area contributed by atoms with Crippen molar-refractivity contribution in [2.45, 2.75) is 68.9 Å². The van der Waals surface area contributed by atoms with E-state index in [1.165, 1.54) is 16.6 Å². The molecule has 37 heavy (non-hydrogen) atoms. The van der Waals surface area contributed by atoms with Crippen molar-refractivity contribution < 1.29 is 13.9 Å². The number of halogens is 2. The Morgan fingerprint density at radius 1 is 1.03 bits per heavy atom. The first-order valence-electron chi connectivity index (χ1n) is 12.9. The van der Waals surface area contributed by atoms with Crippen molar-refractivity contribution in [1.29, 1.82) is 0 Å². The number of anilines is 2. The number of fused-ring (bicyclic) bond motifs is 1. The van der Waals surface area contributed by atoms with Crippen LogP contribution in [0.3, 0.4) is 0 Å². The largest absolute Gasteiger partial charge is 0.385 e. The standard InChI is InChI=1S/C28H30F2N6O/c29-22-13-18(28(37)9-1-2-10-28)14-23(30)26(22)24-7-6-20-15-33-27(36(20)35-24)34-25-16-32-11-8-21(25)17-4-3-5-19(31)12-17/h6-8,11,13-17,19,37H,1-5,9-10,12,31H2,(H,33,34)/t17-,19+/m1/s1. The molecule has 6 rings (SSSR count). The van der Waals surface area contributed by atoms with Crippen molar-refractivity contribution in [3.63, 3.8) is 0 Å².